The standard InChI is InChI=1S/C21H20F2N4O/c1-12-4-7-17-14(9-12)3-2-8-26(17)21(28)15-11-24-27-18(19(22)23)10-16(13-5-6-13)25-20(15)27/h4,7,9-11,13,19H,2-3,5-6,8H2,1H3. The number of carbonyl (C=O) groups excluding carboxylic acids is 1. The maximum absolute atomic E-state index is 13.6. The second kappa shape index (κ2) is 6.36. The summed E-state index contributed by atoms with van der Waals surface area (Å²) in [6.07, 6.45) is 2.38. The van der Waals surface area contributed by atoms with E-state index < -0.39 is 6.43 Å². The van der Waals surface area contributed by atoms with Crippen LogP contribution in [0.3, 0.4) is 0 Å². The van der Waals surface area contributed by atoms with Gasteiger partial charge in [0.25, 0.3) is 12.3 Å². The van der Waals surface area contributed by atoms with Crippen LogP contribution in [0.5, 0.6) is 0 Å². The Hall–Kier alpha value is -2.83. The summed E-state index contributed by atoms with van der Waals surface area (Å²) in [5.41, 5.74) is 4.10. The molecule has 1 saturated carbocycles. The zero-order valence-electron chi connectivity index (χ0n) is 15.5. The zero-order valence-corrected chi connectivity index (χ0v) is 15.5. The molecule has 5 rings (SSSR count). The van der Waals surface area contributed by atoms with Crippen molar-refractivity contribution in [2.24, 2.45) is 0 Å². The van der Waals surface area contributed by atoms with Crippen LogP contribution < -0.4 is 4.90 Å². The lowest BCUT2D eigenvalue weighted by Gasteiger charge is -2.29. The Morgan fingerprint density at radius 3 is 2.82 bits per heavy atom. The highest BCUT2D eigenvalue weighted by Crippen LogP contribution is 2.40. The van der Waals surface area contributed by atoms with E-state index in [2.05, 4.69) is 16.1 Å². The lowest BCUT2D eigenvalue weighted by atomic mass is 9.99. The van der Waals surface area contributed by atoms with E-state index in [-0.39, 0.29) is 28.7 Å². The largest absolute Gasteiger partial charge is 0.308 e. The van der Waals surface area contributed by atoms with Crippen molar-refractivity contribution in [2.75, 3.05) is 11.4 Å². The maximum atomic E-state index is 13.6. The van der Waals surface area contributed by atoms with Crippen LogP contribution in [0.2, 0.25) is 0 Å². The highest BCUT2D eigenvalue weighted by atomic mass is 19.3. The van der Waals surface area contributed by atoms with Gasteiger partial charge in [0.05, 0.1) is 6.20 Å². The normalized spacial score (nSPS) is 16.6. The van der Waals surface area contributed by atoms with Gasteiger partial charge in [0.2, 0.25) is 0 Å². The Morgan fingerprint density at radius 2 is 2.07 bits per heavy atom. The summed E-state index contributed by atoms with van der Waals surface area (Å²) in [7, 11) is 0. The smallest absolute Gasteiger partial charge is 0.280 e. The number of amides is 1. The van der Waals surface area contributed by atoms with Gasteiger partial charge in [-0.25, -0.2) is 18.3 Å². The second-order valence-electron chi connectivity index (χ2n) is 7.67. The average Bonchev–Trinajstić information content (AvgIpc) is 3.45. The Kier molecular flexibility index (Phi) is 3.92. The van der Waals surface area contributed by atoms with Crippen molar-refractivity contribution in [3.8, 4) is 0 Å². The van der Waals surface area contributed by atoms with E-state index in [0.717, 1.165) is 47.0 Å². The lowest BCUT2D eigenvalue weighted by molar-refractivity contribution is 0.0986. The van der Waals surface area contributed by atoms with Gasteiger partial charge in [0.15, 0.2) is 5.65 Å². The molecule has 0 spiro atoms. The number of anilines is 1. The minimum absolute atomic E-state index is 0.207. The number of fused-ring (bicyclic) bond motifs is 2. The van der Waals surface area contributed by atoms with Gasteiger partial charge in [-0.1, -0.05) is 17.7 Å². The van der Waals surface area contributed by atoms with Crippen molar-refractivity contribution in [3.05, 3.63) is 58.5 Å². The number of halogens is 2. The van der Waals surface area contributed by atoms with Crippen molar-refractivity contribution in [2.45, 2.75) is 45.0 Å². The molecule has 2 aliphatic rings. The van der Waals surface area contributed by atoms with Crippen LogP contribution in [0.25, 0.3) is 5.65 Å². The monoisotopic (exact) mass is 382 g/mol. The molecule has 2 aromatic heterocycles. The van der Waals surface area contributed by atoms with Crippen molar-refractivity contribution in [3.63, 3.8) is 0 Å². The summed E-state index contributed by atoms with van der Waals surface area (Å²) >= 11 is 0. The molecule has 1 amide bonds. The molecule has 0 saturated heterocycles. The molecule has 0 bridgehead atoms. The minimum Gasteiger partial charge on any atom is -0.308 e. The summed E-state index contributed by atoms with van der Waals surface area (Å²) in [5.74, 6) is -0.0282. The number of aromatic nitrogens is 3. The van der Waals surface area contributed by atoms with Gasteiger partial charge in [-0.05, 0) is 50.3 Å². The van der Waals surface area contributed by atoms with Gasteiger partial charge in [-0.3, -0.25) is 4.79 Å². The number of aryl methyl sites for hydroxylation is 2. The summed E-state index contributed by atoms with van der Waals surface area (Å²) in [6, 6.07) is 7.47. The molecule has 0 N–H and O–H groups in total. The third kappa shape index (κ3) is 2.77. The van der Waals surface area contributed by atoms with Crippen LogP contribution >= 0.6 is 0 Å². The van der Waals surface area contributed by atoms with E-state index in [9.17, 15) is 13.6 Å². The molecule has 0 unspecified atom stereocenters. The first-order valence-electron chi connectivity index (χ1n) is 9.61. The molecule has 1 aromatic carbocycles. The first kappa shape index (κ1) is 17.3. The zero-order chi connectivity index (χ0) is 19.4. The van der Waals surface area contributed by atoms with Crippen LogP contribution in [0.4, 0.5) is 14.5 Å². The van der Waals surface area contributed by atoms with Crippen LogP contribution in [0.1, 0.15) is 64.5 Å². The Bertz CT molecular complexity index is 1090. The molecule has 3 aromatic rings. The highest BCUT2D eigenvalue weighted by molar-refractivity contribution is 6.10. The minimum atomic E-state index is -2.68. The van der Waals surface area contributed by atoms with Crippen molar-refractivity contribution < 1.29 is 13.6 Å². The molecule has 144 valence electrons. The number of benzene rings is 1. The van der Waals surface area contributed by atoms with Gasteiger partial charge in [0.1, 0.15) is 11.3 Å². The third-order valence-corrected chi connectivity index (χ3v) is 5.57. The molecule has 28 heavy (non-hydrogen) atoms. The number of carbonyl (C=O) groups is 1. The summed E-state index contributed by atoms with van der Waals surface area (Å²) < 4.78 is 28.3. The van der Waals surface area contributed by atoms with Crippen LogP contribution in [0.15, 0.2) is 30.5 Å². The van der Waals surface area contributed by atoms with E-state index in [1.165, 1.54) is 12.3 Å². The quantitative estimate of drug-likeness (QED) is 0.673. The molecule has 1 aliphatic heterocycles. The Morgan fingerprint density at radius 1 is 1.25 bits per heavy atom. The molecule has 1 aliphatic carbocycles. The summed E-state index contributed by atoms with van der Waals surface area (Å²) in [4.78, 5) is 19.6. The van der Waals surface area contributed by atoms with E-state index in [0.29, 0.717) is 12.2 Å². The lowest BCUT2D eigenvalue weighted by Crippen LogP contribution is -2.35. The number of hydrogen-bond donors (Lipinski definition) is 0. The topological polar surface area (TPSA) is 50.5 Å². The van der Waals surface area contributed by atoms with Gasteiger partial charge in [-0.15, -0.1) is 0 Å². The van der Waals surface area contributed by atoms with Crippen molar-refractivity contribution in [1.29, 1.82) is 0 Å². The predicted octanol–water partition coefficient (Wildman–Crippen LogP) is 4.45. The van der Waals surface area contributed by atoms with Gasteiger partial charge < -0.3 is 4.90 Å². The molecule has 5 nitrogen and oxygen atoms in total. The Labute approximate surface area is 161 Å². The molecule has 3 heterocycles. The van der Waals surface area contributed by atoms with Crippen molar-refractivity contribution >= 4 is 17.2 Å². The van der Waals surface area contributed by atoms with Crippen LogP contribution in [-0.4, -0.2) is 27.0 Å². The fourth-order valence-electron chi connectivity index (χ4n) is 3.98. The maximum Gasteiger partial charge on any atom is 0.280 e. The molecule has 0 radical (unpaired) electrons. The second-order valence-corrected chi connectivity index (χ2v) is 7.67. The molecular weight excluding hydrogens is 362 g/mol. The number of rotatable bonds is 3. The van der Waals surface area contributed by atoms with E-state index in [1.807, 2.05) is 19.1 Å². The van der Waals surface area contributed by atoms with Crippen LogP contribution in [0, 0.1) is 6.92 Å². The molecular formula is C21H20F2N4O. The first-order chi connectivity index (χ1) is 13.5. The average molecular weight is 382 g/mol. The number of alkyl halides is 2. The SMILES string of the molecule is Cc1ccc2c(c1)CCCN2C(=O)c1cnn2c(C(F)F)cc(C3CC3)nc12. The number of hydrogen-bond acceptors (Lipinski definition) is 3. The summed E-state index contributed by atoms with van der Waals surface area (Å²) in [6.45, 7) is 2.62. The number of nitrogens with zero attached hydrogens (tertiary/aromatic N) is 4. The first-order valence-corrected chi connectivity index (χ1v) is 9.61. The fraction of sp³-hybridized carbons (Fsp3) is 0.381. The van der Waals surface area contributed by atoms with Crippen LogP contribution in [-0.2, 0) is 6.42 Å². The van der Waals surface area contributed by atoms with E-state index in [1.54, 1.807) is 4.90 Å². The third-order valence-electron chi connectivity index (χ3n) is 5.57. The molecule has 1 fully saturated rings. The van der Waals surface area contributed by atoms with Gasteiger partial charge >= 0.3 is 0 Å². The van der Waals surface area contributed by atoms with E-state index >= 15 is 0 Å². The van der Waals surface area contributed by atoms with Gasteiger partial charge in [-0.2, -0.15) is 5.10 Å². The highest BCUT2D eigenvalue weighted by Gasteiger charge is 2.31. The fourth-order valence-corrected chi connectivity index (χ4v) is 3.98. The van der Waals surface area contributed by atoms with Crippen molar-refractivity contribution in [1.82, 2.24) is 14.6 Å². The predicted molar refractivity (Wildman–Crippen MR) is 101 cm³/mol. The molecule has 7 heteroatoms. The molecule has 0 atom stereocenters. The van der Waals surface area contributed by atoms with Gasteiger partial charge in [0, 0.05) is 23.8 Å². The Balaban J connectivity index is 1.61. The summed E-state index contributed by atoms with van der Waals surface area (Å²) in [5, 5.41) is 4.07. The van der Waals surface area contributed by atoms with E-state index in [4.69, 9.17) is 0 Å².